The van der Waals surface area contributed by atoms with Crippen LogP contribution in [0, 0.1) is 0 Å². The molecule has 0 spiro atoms. The molecule has 0 fully saturated rings. The Morgan fingerprint density at radius 1 is 0.889 bits per heavy atom. The molecule has 0 heterocycles. The van der Waals surface area contributed by atoms with Gasteiger partial charge in [0.2, 0.25) is 0 Å². The van der Waals surface area contributed by atoms with Gasteiger partial charge >= 0.3 is 0 Å². The van der Waals surface area contributed by atoms with Crippen LogP contribution in [0.25, 0.3) is 5.20 Å². The molecule has 0 radical (unpaired) electrons. The molecule has 0 aliphatic heterocycles. The zero-order valence-electron chi connectivity index (χ0n) is 17.7. The van der Waals surface area contributed by atoms with Gasteiger partial charge in [-0.05, 0) is 34.2 Å². The summed E-state index contributed by atoms with van der Waals surface area (Å²) >= 11 is 6.90. The van der Waals surface area contributed by atoms with Crippen molar-refractivity contribution in [3.05, 3.63) is 70.9 Å². The maximum absolute atomic E-state index is 6.90. The van der Waals surface area contributed by atoms with Gasteiger partial charge in [0.25, 0.3) is 7.90 Å². The molecule has 2 rings (SSSR count). The first-order valence-corrected chi connectivity index (χ1v) is 15.8. The van der Waals surface area contributed by atoms with Gasteiger partial charge in [0.1, 0.15) is 0 Å². The Kier molecular flexibility index (Phi) is 7.55. The van der Waals surface area contributed by atoms with Gasteiger partial charge in [-0.1, -0.05) is 101 Å². The molecule has 0 amide bonds. The molecule has 0 saturated carbocycles. The molecule has 0 unspecified atom stereocenters. The Balaban J connectivity index is 2.61. The summed E-state index contributed by atoms with van der Waals surface area (Å²) in [7, 11) is -3.05. The van der Waals surface area contributed by atoms with Crippen LogP contribution in [0.3, 0.4) is 0 Å². The monoisotopic (exact) mass is 413 g/mol. The van der Waals surface area contributed by atoms with Crippen molar-refractivity contribution in [2.45, 2.75) is 59.2 Å². The number of rotatable bonds is 6. The van der Waals surface area contributed by atoms with Crippen molar-refractivity contribution >= 4 is 37.9 Å². The predicted octanol–water partition coefficient (Wildman–Crippen LogP) is 8.06. The van der Waals surface area contributed by atoms with Gasteiger partial charge in [0.15, 0.2) is 0 Å². The topological polar surface area (TPSA) is 12.4 Å². The van der Waals surface area contributed by atoms with Crippen molar-refractivity contribution in [3.8, 4) is 0 Å². The second-order valence-corrected chi connectivity index (χ2v) is 16.1. The summed E-state index contributed by atoms with van der Waals surface area (Å²) in [5.74, 6) is 0.868. The summed E-state index contributed by atoms with van der Waals surface area (Å²) < 4.78 is 5.09. The smallest absolute Gasteiger partial charge is 0.262 e. The standard InChI is InChI=1S/C23H32ClNSi2/c1-17(2)20-14-11-15-21(18(3)4)23(20)25-26(24)16-22(27(5,6)7)19-12-9-8-10-13-19/h8-18H,1-7H3/b22-16-,26-25?. The first-order chi connectivity index (χ1) is 12.6. The summed E-state index contributed by atoms with van der Waals surface area (Å²) in [4.78, 5) is 0. The minimum atomic E-state index is -1.54. The number of halogens is 1. The fraction of sp³-hybridized carbons (Fsp3) is 0.391. The molecule has 1 nitrogen and oxygen atoms in total. The van der Waals surface area contributed by atoms with Gasteiger partial charge < -0.3 is 0 Å². The molecule has 0 saturated heterocycles. The van der Waals surface area contributed by atoms with Crippen LogP contribution in [0.2, 0.25) is 19.6 Å². The second-order valence-electron chi connectivity index (χ2n) is 8.70. The molecule has 27 heavy (non-hydrogen) atoms. The second kappa shape index (κ2) is 9.27. The lowest BCUT2D eigenvalue weighted by atomic mass is 9.93. The van der Waals surface area contributed by atoms with Crippen LogP contribution in [0.4, 0.5) is 5.69 Å². The molecule has 0 aromatic heterocycles. The van der Waals surface area contributed by atoms with Crippen molar-refractivity contribution in [1.82, 2.24) is 0 Å². The van der Waals surface area contributed by atoms with Crippen molar-refractivity contribution in [3.63, 3.8) is 0 Å². The molecular formula is C23H32ClNSi2. The van der Waals surface area contributed by atoms with Crippen LogP contribution >= 0.6 is 11.1 Å². The van der Waals surface area contributed by atoms with Crippen LogP contribution in [0.15, 0.2) is 58.9 Å². The Hall–Kier alpha value is -1.30. The fourth-order valence-corrected chi connectivity index (χ4v) is 8.22. The van der Waals surface area contributed by atoms with Crippen molar-refractivity contribution < 1.29 is 0 Å². The van der Waals surface area contributed by atoms with E-state index in [0.29, 0.717) is 11.8 Å². The van der Waals surface area contributed by atoms with Crippen molar-refractivity contribution in [1.29, 1.82) is 0 Å². The van der Waals surface area contributed by atoms with E-state index in [4.69, 9.17) is 15.7 Å². The van der Waals surface area contributed by atoms with Gasteiger partial charge in [-0.3, -0.25) is 4.63 Å². The maximum Gasteiger partial charge on any atom is 0.262 e. The van der Waals surface area contributed by atoms with E-state index < -0.39 is 16.0 Å². The quantitative estimate of drug-likeness (QED) is 0.335. The van der Waals surface area contributed by atoms with E-state index in [-0.39, 0.29) is 0 Å². The first-order valence-electron chi connectivity index (χ1n) is 9.75. The fourth-order valence-electron chi connectivity index (χ4n) is 3.25. The third-order valence-electron chi connectivity index (χ3n) is 4.72. The highest BCUT2D eigenvalue weighted by molar-refractivity contribution is 7.06. The van der Waals surface area contributed by atoms with Gasteiger partial charge in [-0.2, -0.15) is 0 Å². The number of hydrogen-bond donors (Lipinski definition) is 0. The van der Waals surface area contributed by atoms with E-state index >= 15 is 0 Å². The van der Waals surface area contributed by atoms with Crippen molar-refractivity contribution in [2.24, 2.45) is 4.63 Å². The van der Waals surface area contributed by atoms with Crippen LogP contribution in [0.1, 0.15) is 56.2 Å². The van der Waals surface area contributed by atoms with E-state index in [9.17, 15) is 0 Å². The van der Waals surface area contributed by atoms with Crippen LogP contribution in [0.5, 0.6) is 0 Å². The maximum atomic E-state index is 6.90. The third kappa shape index (κ3) is 5.84. The van der Waals surface area contributed by atoms with Gasteiger partial charge in [-0.15, -0.1) is 11.1 Å². The van der Waals surface area contributed by atoms with E-state index in [1.165, 1.54) is 21.9 Å². The number of nitrogens with zero attached hydrogens (tertiary/aromatic N) is 1. The number of hydrogen-bond acceptors (Lipinski definition) is 1. The third-order valence-corrected chi connectivity index (χ3v) is 8.60. The molecule has 0 N–H and O–H groups in total. The molecule has 0 atom stereocenters. The summed E-state index contributed by atoms with van der Waals surface area (Å²) in [6.07, 6.45) is 0. The molecule has 2 aromatic carbocycles. The van der Waals surface area contributed by atoms with Crippen LogP contribution in [-0.2, 0) is 0 Å². The Bertz CT molecular complexity index is 805. The molecule has 144 valence electrons. The molecule has 0 bridgehead atoms. The predicted molar refractivity (Wildman–Crippen MR) is 126 cm³/mol. The minimum absolute atomic E-state index is 0.434. The Morgan fingerprint density at radius 3 is 1.85 bits per heavy atom. The molecular weight excluding hydrogens is 382 g/mol. The highest BCUT2D eigenvalue weighted by Gasteiger charge is 2.22. The average Bonchev–Trinajstić information content (AvgIpc) is 2.59. The normalized spacial score (nSPS) is 13.6. The lowest BCUT2D eigenvalue weighted by Crippen LogP contribution is -2.23. The highest BCUT2D eigenvalue weighted by atomic mass is 35.6. The van der Waals surface area contributed by atoms with E-state index in [0.717, 1.165) is 5.69 Å². The Labute approximate surface area is 172 Å². The largest absolute Gasteiger partial charge is 0.278 e. The first kappa shape index (κ1) is 22.0. The summed E-state index contributed by atoms with van der Waals surface area (Å²) in [5, 5.41) is 1.41. The molecule has 0 aliphatic rings. The lowest BCUT2D eigenvalue weighted by molar-refractivity contribution is 0.835. The van der Waals surface area contributed by atoms with Gasteiger partial charge in [-0.25, -0.2) is 0 Å². The highest BCUT2D eigenvalue weighted by Crippen LogP contribution is 2.35. The summed E-state index contributed by atoms with van der Waals surface area (Å²) in [5.41, 5.74) is 7.27. The van der Waals surface area contributed by atoms with Gasteiger partial charge in [0.05, 0.1) is 13.8 Å². The lowest BCUT2D eigenvalue weighted by Gasteiger charge is -2.21. The zero-order valence-corrected chi connectivity index (χ0v) is 20.4. The molecule has 2 aromatic rings. The van der Waals surface area contributed by atoms with E-state index in [2.05, 4.69) is 102 Å². The number of benzene rings is 2. The average molecular weight is 414 g/mol. The van der Waals surface area contributed by atoms with Gasteiger partial charge in [0, 0.05) is 0 Å². The molecule has 0 aliphatic carbocycles. The van der Waals surface area contributed by atoms with Crippen LogP contribution in [-0.4, -0.2) is 16.0 Å². The molecule has 4 heteroatoms. The van der Waals surface area contributed by atoms with Crippen LogP contribution < -0.4 is 0 Å². The van der Waals surface area contributed by atoms with E-state index in [1.54, 1.807) is 0 Å². The SMILES string of the molecule is CC(C)c1cccc(C(C)C)c1N=[Si](Cl)/C=C(/c1ccccc1)[Si](C)(C)C. The summed E-state index contributed by atoms with van der Waals surface area (Å²) in [6.45, 7) is 16.0. The summed E-state index contributed by atoms with van der Waals surface area (Å²) in [6, 6.07) is 17.2. The van der Waals surface area contributed by atoms with Crippen molar-refractivity contribution in [2.75, 3.05) is 0 Å². The van der Waals surface area contributed by atoms with E-state index in [1.807, 2.05) is 0 Å². The Morgan fingerprint density at radius 2 is 1.41 bits per heavy atom. The zero-order chi connectivity index (χ0) is 20.2. The minimum Gasteiger partial charge on any atom is -0.278 e.